The van der Waals surface area contributed by atoms with Crippen LogP contribution in [0.2, 0.25) is 0 Å². The molecule has 1 unspecified atom stereocenters. The van der Waals surface area contributed by atoms with Gasteiger partial charge in [-0.05, 0) is 68.5 Å². The van der Waals surface area contributed by atoms with Crippen LogP contribution in [0.1, 0.15) is 49.8 Å². The summed E-state index contributed by atoms with van der Waals surface area (Å²) >= 11 is 0. The second-order valence-corrected chi connectivity index (χ2v) is 7.71. The highest BCUT2D eigenvalue weighted by atomic mass is 35.5. The van der Waals surface area contributed by atoms with Crippen molar-refractivity contribution in [3.63, 3.8) is 0 Å². The zero-order valence-electron chi connectivity index (χ0n) is 17.9. The van der Waals surface area contributed by atoms with Gasteiger partial charge in [-0.1, -0.05) is 36.4 Å². The highest BCUT2D eigenvalue weighted by molar-refractivity contribution is 5.85. The second-order valence-electron chi connectivity index (χ2n) is 7.71. The molecule has 2 aromatic carbocycles. The molecule has 1 heterocycles. The molecule has 2 aromatic rings. The zero-order valence-corrected chi connectivity index (χ0v) is 18.7. The average molecular weight is 433 g/mol. The van der Waals surface area contributed by atoms with E-state index in [2.05, 4.69) is 10.6 Å². The minimum Gasteiger partial charge on any atom is -0.493 e. The summed E-state index contributed by atoms with van der Waals surface area (Å²) in [5, 5.41) is 6.48. The normalized spacial score (nSPS) is 15.0. The molecule has 164 valence electrons. The first-order valence-corrected chi connectivity index (χ1v) is 10.5. The summed E-state index contributed by atoms with van der Waals surface area (Å²) in [4.78, 5) is 12.4. The molecule has 0 bridgehead atoms. The van der Waals surface area contributed by atoms with E-state index in [-0.39, 0.29) is 24.4 Å². The number of carbonyl (C=O) groups excluding carboxylic acids is 1. The zero-order chi connectivity index (χ0) is 20.5. The highest BCUT2D eigenvalue weighted by Crippen LogP contribution is 2.31. The van der Waals surface area contributed by atoms with E-state index in [1.165, 1.54) is 12.8 Å². The fraction of sp³-hybridized carbons (Fsp3) is 0.458. The largest absolute Gasteiger partial charge is 0.493 e. The number of methoxy groups -OCH3 is 1. The van der Waals surface area contributed by atoms with E-state index in [9.17, 15) is 4.79 Å². The van der Waals surface area contributed by atoms with Crippen molar-refractivity contribution in [3.05, 3.63) is 59.7 Å². The number of carbonyl (C=O) groups is 1. The molecular weight excluding hydrogens is 400 g/mol. The van der Waals surface area contributed by atoms with Crippen LogP contribution >= 0.6 is 12.4 Å². The van der Waals surface area contributed by atoms with Gasteiger partial charge in [0.25, 0.3) is 0 Å². The number of hydrogen-bond acceptors (Lipinski definition) is 4. The van der Waals surface area contributed by atoms with Crippen LogP contribution in [0, 0.1) is 5.92 Å². The van der Waals surface area contributed by atoms with Gasteiger partial charge >= 0.3 is 0 Å². The second kappa shape index (κ2) is 12.5. The van der Waals surface area contributed by atoms with Gasteiger partial charge in [-0.3, -0.25) is 4.79 Å². The Bertz CT molecular complexity index is 779. The molecule has 3 rings (SSSR count). The van der Waals surface area contributed by atoms with Crippen molar-refractivity contribution >= 4 is 18.3 Å². The van der Waals surface area contributed by atoms with Crippen molar-refractivity contribution in [2.45, 2.75) is 45.3 Å². The van der Waals surface area contributed by atoms with E-state index in [0.29, 0.717) is 30.4 Å². The van der Waals surface area contributed by atoms with Crippen molar-refractivity contribution in [1.82, 2.24) is 10.6 Å². The van der Waals surface area contributed by atoms with Crippen LogP contribution in [-0.2, 0) is 11.4 Å². The first-order chi connectivity index (χ1) is 14.2. The molecule has 5 nitrogen and oxygen atoms in total. The number of amides is 1. The first-order valence-electron chi connectivity index (χ1n) is 10.5. The van der Waals surface area contributed by atoms with Gasteiger partial charge in [-0.15, -0.1) is 12.4 Å². The maximum Gasteiger partial charge on any atom is 0.220 e. The highest BCUT2D eigenvalue weighted by Gasteiger charge is 2.17. The van der Waals surface area contributed by atoms with Crippen molar-refractivity contribution < 1.29 is 14.3 Å². The SMILES string of the molecule is COc1cc(C(C)NC(=O)CCC2CCNCC2)ccc1OCc1ccccc1.Cl. The number of ether oxygens (including phenoxy) is 2. The Morgan fingerprint density at radius 2 is 1.87 bits per heavy atom. The summed E-state index contributed by atoms with van der Waals surface area (Å²) in [6.07, 6.45) is 3.90. The van der Waals surface area contributed by atoms with Crippen molar-refractivity contribution in [3.8, 4) is 11.5 Å². The minimum atomic E-state index is -0.0763. The van der Waals surface area contributed by atoms with Crippen LogP contribution in [-0.4, -0.2) is 26.1 Å². The Kier molecular flexibility index (Phi) is 9.98. The first kappa shape index (κ1) is 24.0. The molecule has 0 aromatic heterocycles. The summed E-state index contributed by atoms with van der Waals surface area (Å²) in [5.74, 6) is 2.15. The van der Waals surface area contributed by atoms with Crippen LogP contribution in [0.15, 0.2) is 48.5 Å². The summed E-state index contributed by atoms with van der Waals surface area (Å²) in [5.41, 5.74) is 2.11. The molecule has 1 fully saturated rings. The Balaban J connectivity index is 0.00000320. The van der Waals surface area contributed by atoms with Gasteiger partial charge in [-0.2, -0.15) is 0 Å². The number of halogens is 1. The van der Waals surface area contributed by atoms with Gasteiger partial charge in [0.05, 0.1) is 13.2 Å². The van der Waals surface area contributed by atoms with Crippen molar-refractivity contribution in [2.24, 2.45) is 5.92 Å². The third kappa shape index (κ3) is 7.22. The lowest BCUT2D eigenvalue weighted by Gasteiger charge is -2.22. The molecule has 0 saturated carbocycles. The molecule has 1 saturated heterocycles. The standard InChI is InChI=1S/C24H32N2O3.ClH/c1-18(26-24(27)11-8-19-12-14-25-15-13-19)21-9-10-22(23(16-21)28-2)29-17-20-6-4-3-5-7-20;/h3-7,9-10,16,18-19,25H,8,11-15,17H2,1-2H3,(H,26,27);1H. The fourth-order valence-corrected chi connectivity index (χ4v) is 3.71. The summed E-state index contributed by atoms with van der Waals surface area (Å²) in [7, 11) is 1.64. The molecular formula is C24H33ClN2O3. The van der Waals surface area contributed by atoms with Crippen molar-refractivity contribution in [2.75, 3.05) is 20.2 Å². The van der Waals surface area contributed by atoms with E-state index in [1.807, 2.05) is 55.5 Å². The number of nitrogens with one attached hydrogen (secondary N) is 2. The maximum atomic E-state index is 12.4. The number of piperidine rings is 1. The lowest BCUT2D eigenvalue weighted by atomic mass is 9.93. The van der Waals surface area contributed by atoms with Gasteiger partial charge in [0.2, 0.25) is 5.91 Å². The van der Waals surface area contributed by atoms with Gasteiger partial charge in [0, 0.05) is 6.42 Å². The van der Waals surface area contributed by atoms with Crippen LogP contribution in [0.4, 0.5) is 0 Å². The summed E-state index contributed by atoms with van der Waals surface area (Å²) < 4.78 is 11.4. The third-order valence-electron chi connectivity index (χ3n) is 5.54. The Morgan fingerprint density at radius 3 is 2.57 bits per heavy atom. The molecule has 6 heteroatoms. The van der Waals surface area contributed by atoms with E-state index < -0.39 is 0 Å². The van der Waals surface area contributed by atoms with Crippen LogP contribution in [0.5, 0.6) is 11.5 Å². The van der Waals surface area contributed by atoms with Gasteiger partial charge < -0.3 is 20.1 Å². The quantitative estimate of drug-likeness (QED) is 0.605. The lowest BCUT2D eigenvalue weighted by molar-refractivity contribution is -0.122. The van der Waals surface area contributed by atoms with E-state index in [0.717, 1.165) is 30.6 Å². The van der Waals surface area contributed by atoms with Crippen molar-refractivity contribution in [1.29, 1.82) is 0 Å². The molecule has 30 heavy (non-hydrogen) atoms. The molecule has 0 spiro atoms. The van der Waals surface area contributed by atoms with Crippen LogP contribution in [0.3, 0.4) is 0 Å². The monoisotopic (exact) mass is 432 g/mol. The molecule has 0 aliphatic carbocycles. The molecule has 1 amide bonds. The number of hydrogen-bond donors (Lipinski definition) is 2. The predicted octanol–water partition coefficient (Wildman–Crippen LogP) is 4.65. The molecule has 1 aliphatic rings. The minimum absolute atomic E-state index is 0. The Labute approximate surface area is 186 Å². The third-order valence-corrected chi connectivity index (χ3v) is 5.54. The lowest BCUT2D eigenvalue weighted by Crippen LogP contribution is -2.30. The van der Waals surface area contributed by atoms with E-state index in [1.54, 1.807) is 7.11 Å². The average Bonchev–Trinajstić information content (AvgIpc) is 2.77. The summed E-state index contributed by atoms with van der Waals surface area (Å²) in [6.45, 7) is 4.63. The van der Waals surface area contributed by atoms with E-state index in [4.69, 9.17) is 9.47 Å². The topological polar surface area (TPSA) is 59.6 Å². The smallest absolute Gasteiger partial charge is 0.220 e. The van der Waals surface area contributed by atoms with Gasteiger partial charge in [0.1, 0.15) is 6.61 Å². The number of rotatable bonds is 9. The molecule has 0 radical (unpaired) electrons. The predicted molar refractivity (Wildman–Crippen MR) is 122 cm³/mol. The fourth-order valence-electron chi connectivity index (χ4n) is 3.71. The number of benzene rings is 2. The molecule has 1 aliphatic heterocycles. The van der Waals surface area contributed by atoms with Gasteiger partial charge in [0.15, 0.2) is 11.5 Å². The van der Waals surface area contributed by atoms with Gasteiger partial charge in [-0.25, -0.2) is 0 Å². The van der Waals surface area contributed by atoms with Crippen LogP contribution < -0.4 is 20.1 Å². The Morgan fingerprint density at radius 1 is 1.13 bits per heavy atom. The Hall–Kier alpha value is -2.24. The maximum absolute atomic E-state index is 12.4. The van der Waals surface area contributed by atoms with E-state index >= 15 is 0 Å². The van der Waals surface area contributed by atoms with Crippen LogP contribution in [0.25, 0.3) is 0 Å². The molecule has 2 N–H and O–H groups in total. The molecule has 1 atom stereocenters. The summed E-state index contributed by atoms with van der Waals surface area (Å²) in [6, 6.07) is 15.8.